The van der Waals surface area contributed by atoms with E-state index in [9.17, 15) is 22.8 Å². The van der Waals surface area contributed by atoms with E-state index in [1.807, 2.05) is 0 Å². The molecule has 20 heavy (non-hydrogen) atoms. The predicted octanol–water partition coefficient (Wildman–Crippen LogP) is 2.98. The Balaban J connectivity index is 2.19. The van der Waals surface area contributed by atoms with Crippen LogP contribution in [0.25, 0.3) is 0 Å². The number of carboxylic acid groups (broad SMARTS) is 1. The third kappa shape index (κ3) is 3.24. The summed E-state index contributed by atoms with van der Waals surface area (Å²) in [6.45, 7) is 0. The van der Waals surface area contributed by atoms with Crippen molar-refractivity contribution in [3.8, 4) is 0 Å². The van der Waals surface area contributed by atoms with E-state index >= 15 is 0 Å². The maximum Gasteiger partial charge on any atom is 0.416 e. The molecule has 1 aromatic carbocycles. The van der Waals surface area contributed by atoms with Crippen LogP contribution in [0.15, 0.2) is 23.1 Å². The number of nitrogens with one attached hydrogen (secondary N) is 1. The van der Waals surface area contributed by atoms with Crippen molar-refractivity contribution in [1.82, 2.24) is 0 Å². The molecule has 0 fully saturated rings. The van der Waals surface area contributed by atoms with Gasteiger partial charge in [0.05, 0.1) is 16.5 Å². The van der Waals surface area contributed by atoms with E-state index in [2.05, 4.69) is 5.32 Å². The smallest absolute Gasteiger partial charge is 0.416 e. The minimum Gasteiger partial charge on any atom is -0.481 e. The van der Waals surface area contributed by atoms with Crippen molar-refractivity contribution in [1.29, 1.82) is 0 Å². The van der Waals surface area contributed by atoms with Crippen molar-refractivity contribution in [3.05, 3.63) is 23.8 Å². The fourth-order valence-electron chi connectivity index (χ4n) is 1.77. The summed E-state index contributed by atoms with van der Waals surface area (Å²) in [5.74, 6) is -1.49. The first-order valence-corrected chi connectivity index (χ1v) is 6.56. The van der Waals surface area contributed by atoms with E-state index in [4.69, 9.17) is 5.11 Å². The van der Waals surface area contributed by atoms with E-state index < -0.39 is 28.9 Å². The first-order chi connectivity index (χ1) is 9.27. The molecular weight excluding hydrogens is 295 g/mol. The molecule has 1 amide bonds. The predicted molar refractivity (Wildman–Crippen MR) is 66.6 cm³/mol. The fourth-order valence-corrected chi connectivity index (χ4v) is 2.86. The molecule has 0 spiro atoms. The van der Waals surface area contributed by atoms with Gasteiger partial charge in [0, 0.05) is 11.3 Å². The molecule has 1 atom stereocenters. The molecule has 4 nitrogen and oxygen atoms in total. The van der Waals surface area contributed by atoms with Gasteiger partial charge in [-0.1, -0.05) is 0 Å². The summed E-state index contributed by atoms with van der Waals surface area (Å²) >= 11 is 1.08. The van der Waals surface area contributed by atoms with Gasteiger partial charge in [0.1, 0.15) is 0 Å². The normalized spacial score (nSPS) is 18.4. The van der Waals surface area contributed by atoms with Gasteiger partial charge in [-0.3, -0.25) is 9.59 Å². The lowest BCUT2D eigenvalue weighted by Gasteiger charge is -2.24. The summed E-state index contributed by atoms with van der Waals surface area (Å²) in [6, 6.07) is 3.11. The molecule has 2 rings (SSSR count). The first kappa shape index (κ1) is 14.7. The molecule has 1 aromatic rings. The number of carbonyl (C=O) groups excluding carboxylic acids is 1. The van der Waals surface area contributed by atoms with Crippen molar-refractivity contribution in [2.45, 2.75) is 29.2 Å². The summed E-state index contributed by atoms with van der Waals surface area (Å²) in [5.41, 5.74) is -0.720. The molecule has 1 heterocycles. The van der Waals surface area contributed by atoms with Gasteiger partial charge >= 0.3 is 12.1 Å². The third-order valence-corrected chi connectivity index (χ3v) is 4.09. The van der Waals surface area contributed by atoms with Crippen molar-refractivity contribution >= 4 is 29.3 Å². The Morgan fingerprint density at radius 2 is 2.10 bits per heavy atom. The van der Waals surface area contributed by atoms with E-state index in [0.717, 1.165) is 23.9 Å². The van der Waals surface area contributed by atoms with Crippen molar-refractivity contribution in [2.24, 2.45) is 0 Å². The Morgan fingerprint density at radius 3 is 2.70 bits per heavy atom. The number of thioether (sulfide) groups is 1. The van der Waals surface area contributed by atoms with Gasteiger partial charge in [-0.05, 0) is 24.6 Å². The number of amides is 1. The topological polar surface area (TPSA) is 66.4 Å². The highest BCUT2D eigenvalue weighted by molar-refractivity contribution is 8.01. The highest BCUT2D eigenvalue weighted by Gasteiger charge is 2.33. The van der Waals surface area contributed by atoms with Gasteiger partial charge < -0.3 is 10.4 Å². The molecule has 0 aliphatic carbocycles. The number of carboxylic acids is 1. The number of benzene rings is 1. The second-order valence-electron chi connectivity index (χ2n) is 4.24. The maximum atomic E-state index is 12.6. The molecule has 2 N–H and O–H groups in total. The summed E-state index contributed by atoms with van der Waals surface area (Å²) in [5, 5.41) is 10.4. The number of hydrogen-bond donors (Lipinski definition) is 2. The Labute approximate surface area is 116 Å². The summed E-state index contributed by atoms with van der Waals surface area (Å²) < 4.78 is 37.7. The van der Waals surface area contributed by atoms with Gasteiger partial charge in [-0.25, -0.2) is 0 Å². The molecule has 0 saturated carbocycles. The van der Waals surface area contributed by atoms with Crippen LogP contribution in [0.2, 0.25) is 0 Å². The van der Waals surface area contributed by atoms with Crippen LogP contribution >= 0.6 is 11.8 Å². The van der Waals surface area contributed by atoms with Crippen LogP contribution in [-0.4, -0.2) is 22.2 Å². The Morgan fingerprint density at radius 1 is 1.40 bits per heavy atom. The number of alkyl halides is 3. The quantitative estimate of drug-likeness (QED) is 0.901. The zero-order valence-corrected chi connectivity index (χ0v) is 10.8. The number of fused-ring (bicyclic) bond motifs is 1. The lowest BCUT2D eigenvalue weighted by molar-refractivity contribution is -0.138. The van der Waals surface area contributed by atoms with E-state index in [-0.39, 0.29) is 18.5 Å². The largest absolute Gasteiger partial charge is 0.481 e. The fraction of sp³-hybridized carbons (Fsp3) is 0.333. The van der Waals surface area contributed by atoms with Gasteiger partial charge in [-0.2, -0.15) is 13.2 Å². The number of anilines is 1. The molecule has 1 aliphatic rings. The Bertz CT molecular complexity index is 559. The molecule has 0 bridgehead atoms. The number of halogens is 3. The summed E-state index contributed by atoms with van der Waals surface area (Å²) in [6.07, 6.45) is -4.50. The van der Waals surface area contributed by atoms with Crippen molar-refractivity contribution in [2.75, 3.05) is 5.32 Å². The lowest BCUT2D eigenvalue weighted by atomic mass is 10.1. The monoisotopic (exact) mass is 305 g/mol. The Hall–Kier alpha value is -1.70. The van der Waals surface area contributed by atoms with Gasteiger partial charge in [0.25, 0.3) is 0 Å². The molecule has 0 unspecified atom stereocenters. The van der Waals surface area contributed by atoms with Crippen LogP contribution in [0.3, 0.4) is 0 Å². The molecule has 1 aliphatic heterocycles. The Kier molecular flexibility index (Phi) is 3.94. The number of carbonyl (C=O) groups is 2. The van der Waals surface area contributed by atoms with Gasteiger partial charge in [-0.15, -0.1) is 11.8 Å². The number of aliphatic carboxylic acids is 1. The standard InChI is InChI=1S/C12H10F3NO3S/c13-12(14,15)6-1-2-8-7(5-6)16-11(19)9(20-8)3-4-10(17)18/h1-2,5,9H,3-4H2,(H,16,19)(H,17,18)/t9-/m1/s1. The highest BCUT2D eigenvalue weighted by atomic mass is 32.2. The summed E-state index contributed by atoms with van der Waals surface area (Å²) in [7, 11) is 0. The summed E-state index contributed by atoms with van der Waals surface area (Å²) in [4.78, 5) is 22.7. The van der Waals surface area contributed by atoms with Crippen LogP contribution in [0.4, 0.5) is 18.9 Å². The molecule has 8 heteroatoms. The minimum absolute atomic E-state index is 0.112. The number of hydrogen-bond acceptors (Lipinski definition) is 3. The zero-order valence-electron chi connectivity index (χ0n) is 10.0. The van der Waals surface area contributed by atoms with Crippen molar-refractivity contribution in [3.63, 3.8) is 0 Å². The average Bonchev–Trinajstić information content (AvgIpc) is 2.34. The second kappa shape index (κ2) is 5.35. The van der Waals surface area contributed by atoms with Crippen LogP contribution < -0.4 is 5.32 Å². The molecule has 0 saturated heterocycles. The number of rotatable bonds is 3. The average molecular weight is 305 g/mol. The SMILES string of the molecule is O=C(O)CC[C@H]1Sc2ccc(C(F)(F)F)cc2NC1=O. The molecular formula is C12H10F3NO3S. The molecule has 108 valence electrons. The van der Waals surface area contributed by atoms with E-state index in [1.165, 1.54) is 6.07 Å². The highest BCUT2D eigenvalue weighted by Crippen LogP contribution is 2.40. The molecule has 0 radical (unpaired) electrons. The van der Waals surface area contributed by atoms with Crippen LogP contribution in [0.1, 0.15) is 18.4 Å². The van der Waals surface area contributed by atoms with Crippen LogP contribution in [0, 0.1) is 0 Å². The van der Waals surface area contributed by atoms with Gasteiger partial charge in [0.15, 0.2) is 0 Å². The third-order valence-electron chi connectivity index (χ3n) is 2.75. The van der Waals surface area contributed by atoms with E-state index in [1.54, 1.807) is 0 Å². The maximum absolute atomic E-state index is 12.6. The second-order valence-corrected chi connectivity index (χ2v) is 5.48. The van der Waals surface area contributed by atoms with Crippen molar-refractivity contribution < 1.29 is 27.9 Å². The van der Waals surface area contributed by atoms with Crippen LogP contribution in [0.5, 0.6) is 0 Å². The van der Waals surface area contributed by atoms with Crippen LogP contribution in [-0.2, 0) is 15.8 Å². The molecule has 0 aromatic heterocycles. The van der Waals surface area contributed by atoms with Gasteiger partial charge in [0.2, 0.25) is 5.91 Å². The first-order valence-electron chi connectivity index (χ1n) is 5.68. The lowest BCUT2D eigenvalue weighted by Crippen LogP contribution is -2.29. The minimum atomic E-state index is -4.47. The zero-order chi connectivity index (χ0) is 14.9. The van der Waals surface area contributed by atoms with E-state index in [0.29, 0.717) is 4.90 Å².